The van der Waals surface area contributed by atoms with Gasteiger partial charge in [-0.1, -0.05) is 22.3 Å². The minimum atomic E-state index is -1.84. The van der Waals surface area contributed by atoms with Gasteiger partial charge in [0.1, 0.15) is 11.8 Å². The summed E-state index contributed by atoms with van der Waals surface area (Å²) in [6, 6.07) is 0. The summed E-state index contributed by atoms with van der Waals surface area (Å²) in [5, 5.41) is 41.3. The number of hydrogen-bond acceptors (Lipinski definition) is 7. The third-order valence-electron chi connectivity index (χ3n) is 7.40. The summed E-state index contributed by atoms with van der Waals surface area (Å²) in [6.07, 6.45) is 0.574. The number of hydrogen-bond donors (Lipinski definition) is 0. The fraction of sp³-hybridized carbons (Fsp3) is 0.667. The number of nitro groups is 2. The molecule has 10 heteroatoms. The second kappa shape index (κ2) is 5.62. The molecular weight excluding hydrogens is 368 g/mol. The van der Waals surface area contributed by atoms with Crippen molar-refractivity contribution in [2.75, 3.05) is 0 Å². The maximum absolute atomic E-state index is 12.6. The fourth-order valence-electron chi connectivity index (χ4n) is 5.67. The van der Waals surface area contributed by atoms with Crippen LogP contribution in [0.3, 0.4) is 0 Å². The van der Waals surface area contributed by atoms with Crippen molar-refractivity contribution in [3.63, 3.8) is 0 Å². The maximum Gasteiger partial charge on any atom is 0.306 e. The van der Waals surface area contributed by atoms with Crippen LogP contribution >= 0.6 is 0 Å². The summed E-state index contributed by atoms with van der Waals surface area (Å²) in [7, 11) is 0. The number of aromatic nitrogens is 2. The van der Waals surface area contributed by atoms with Crippen LogP contribution in [0.25, 0.3) is 0 Å². The van der Waals surface area contributed by atoms with Crippen molar-refractivity contribution >= 4 is 0 Å². The Morgan fingerprint density at radius 2 is 1.61 bits per heavy atom. The summed E-state index contributed by atoms with van der Waals surface area (Å²) in [6.45, 7) is 7.37. The molecule has 0 aromatic carbocycles. The monoisotopic (exact) mass is 390 g/mol. The van der Waals surface area contributed by atoms with E-state index in [0.717, 1.165) is 22.3 Å². The van der Waals surface area contributed by atoms with Gasteiger partial charge in [-0.3, -0.25) is 24.9 Å². The zero-order valence-electron chi connectivity index (χ0n) is 16.2. The highest BCUT2D eigenvalue weighted by Crippen LogP contribution is 2.63. The lowest BCUT2D eigenvalue weighted by Crippen LogP contribution is -2.67. The Hall–Kier alpha value is -2.78. The molecule has 10 nitrogen and oxygen atoms in total. The van der Waals surface area contributed by atoms with Gasteiger partial charge in [0.25, 0.3) is 5.69 Å². The lowest BCUT2D eigenvalue weighted by Gasteiger charge is -2.49. The van der Waals surface area contributed by atoms with E-state index in [2.05, 4.69) is 5.16 Å². The van der Waals surface area contributed by atoms with Crippen LogP contribution in [0.2, 0.25) is 0 Å². The molecule has 4 atom stereocenters. The molecule has 1 aromatic rings. The normalized spacial score (nSPS) is 34.6. The van der Waals surface area contributed by atoms with E-state index < -0.39 is 27.8 Å². The predicted octanol–water partition coefficient (Wildman–Crippen LogP) is 2.77. The van der Waals surface area contributed by atoms with Crippen molar-refractivity contribution in [1.29, 1.82) is 0 Å². The molecular formula is C18H22N4O6. The van der Waals surface area contributed by atoms with E-state index in [1.807, 2.05) is 20.8 Å². The van der Waals surface area contributed by atoms with Gasteiger partial charge >= 0.3 is 5.54 Å². The Morgan fingerprint density at radius 1 is 1.00 bits per heavy atom. The van der Waals surface area contributed by atoms with Gasteiger partial charge in [0.15, 0.2) is 0 Å². The standard InChI is InChI=1S/C18H22N4O6/c1-9-5-13-15-16(19-28-20(15)23)18(22(26)27)8-12(4)10(2)6-14(18)17(13,21(24)25)7-11(9)3/h13-14H,5-8H2,1-4H3. The van der Waals surface area contributed by atoms with Gasteiger partial charge in [-0.25, -0.2) is 0 Å². The molecule has 1 heterocycles. The summed E-state index contributed by atoms with van der Waals surface area (Å²) >= 11 is 0. The Morgan fingerprint density at radius 3 is 2.21 bits per heavy atom. The van der Waals surface area contributed by atoms with E-state index in [4.69, 9.17) is 4.63 Å². The van der Waals surface area contributed by atoms with Crippen LogP contribution in [0.1, 0.15) is 70.7 Å². The van der Waals surface area contributed by atoms with Crippen molar-refractivity contribution < 1.29 is 19.4 Å². The first-order chi connectivity index (χ1) is 13.1. The molecule has 0 N–H and O–H groups in total. The molecule has 3 aliphatic rings. The Balaban J connectivity index is 2.13. The van der Waals surface area contributed by atoms with E-state index in [1.165, 1.54) is 0 Å². The lowest BCUT2D eigenvalue weighted by molar-refractivity contribution is -0.811. The third-order valence-corrected chi connectivity index (χ3v) is 7.40. The molecule has 28 heavy (non-hydrogen) atoms. The van der Waals surface area contributed by atoms with Crippen LogP contribution in [0.15, 0.2) is 26.9 Å². The van der Waals surface area contributed by atoms with Gasteiger partial charge < -0.3 is 5.21 Å². The van der Waals surface area contributed by atoms with Gasteiger partial charge in [0, 0.05) is 27.8 Å². The predicted molar refractivity (Wildman–Crippen MR) is 95.3 cm³/mol. The van der Waals surface area contributed by atoms with Gasteiger partial charge in [0.2, 0.25) is 11.2 Å². The van der Waals surface area contributed by atoms with Crippen LogP contribution in [-0.4, -0.2) is 20.5 Å². The first-order valence-electron chi connectivity index (χ1n) is 9.26. The van der Waals surface area contributed by atoms with Crippen LogP contribution in [0.4, 0.5) is 0 Å². The smallest absolute Gasteiger partial charge is 0.306 e. The molecule has 0 saturated carbocycles. The van der Waals surface area contributed by atoms with E-state index >= 15 is 0 Å². The highest BCUT2D eigenvalue weighted by Gasteiger charge is 2.79. The Bertz CT molecular complexity index is 979. The lowest BCUT2D eigenvalue weighted by atomic mass is 9.50. The summed E-state index contributed by atoms with van der Waals surface area (Å²) < 4.78 is 4.79. The zero-order chi connectivity index (χ0) is 20.6. The van der Waals surface area contributed by atoms with E-state index in [9.17, 15) is 25.4 Å². The minimum absolute atomic E-state index is 0.0138. The largest absolute Gasteiger partial charge is 0.359 e. The number of fused-ring (bicyclic) bond motifs is 6. The maximum atomic E-state index is 12.6. The van der Waals surface area contributed by atoms with Gasteiger partial charge in [-0.15, -0.1) is 0 Å². The van der Waals surface area contributed by atoms with Crippen LogP contribution in [-0.2, 0) is 5.54 Å². The average molecular weight is 390 g/mol. The van der Waals surface area contributed by atoms with Crippen LogP contribution in [0, 0.1) is 31.4 Å². The Labute approximate surface area is 160 Å². The molecule has 0 bridgehead atoms. The topological polar surface area (TPSA) is 139 Å². The van der Waals surface area contributed by atoms with Crippen LogP contribution < -0.4 is 4.90 Å². The van der Waals surface area contributed by atoms with Crippen molar-refractivity contribution in [3.05, 3.63) is 59.1 Å². The van der Waals surface area contributed by atoms with Gasteiger partial charge in [0.05, 0.1) is 0 Å². The van der Waals surface area contributed by atoms with Crippen molar-refractivity contribution in [2.45, 2.75) is 70.4 Å². The first-order valence-corrected chi connectivity index (χ1v) is 9.26. The molecule has 0 spiro atoms. The minimum Gasteiger partial charge on any atom is -0.359 e. The van der Waals surface area contributed by atoms with E-state index in [0.29, 0.717) is 0 Å². The molecule has 0 fully saturated rings. The van der Waals surface area contributed by atoms with Crippen molar-refractivity contribution in [3.8, 4) is 0 Å². The zero-order valence-corrected chi connectivity index (χ0v) is 16.2. The quantitative estimate of drug-likeness (QED) is 0.327. The molecule has 0 saturated heterocycles. The highest BCUT2D eigenvalue weighted by molar-refractivity contribution is 5.40. The highest BCUT2D eigenvalue weighted by atomic mass is 16.8. The van der Waals surface area contributed by atoms with Gasteiger partial charge in [-0.05, 0) is 45.4 Å². The van der Waals surface area contributed by atoms with Gasteiger partial charge in [-0.2, -0.15) is 0 Å². The molecule has 150 valence electrons. The summed E-state index contributed by atoms with van der Waals surface area (Å²) in [4.78, 5) is 24.4. The van der Waals surface area contributed by atoms with E-state index in [1.54, 1.807) is 6.92 Å². The second-order valence-corrected chi connectivity index (χ2v) is 8.58. The SMILES string of the molecule is CC1=C(C)CC2([N+](=O)[O-])C(C1)c1c(no[n+]1[O-])C1([N+](=O)[O-])CC(C)=C(C)CC12. The molecule has 4 unspecified atom stereocenters. The fourth-order valence-corrected chi connectivity index (χ4v) is 5.67. The summed E-state index contributed by atoms with van der Waals surface area (Å²) in [5.41, 5.74) is -0.0443. The molecule has 0 aliphatic heterocycles. The molecule has 4 rings (SSSR count). The van der Waals surface area contributed by atoms with E-state index in [-0.39, 0.29) is 46.9 Å². The third kappa shape index (κ3) is 1.97. The van der Waals surface area contributed by atoms with Crippen molar-refractivity contribution in [1.82, 2.24) is 5.16 Å². The molecule has 0 amide bonds. The molecule has 3 aliphatic carbocycles. The average Bonchev–Trinajstić information content (AvgIpc) is 3.00. The summed E-state index contributed by atoms with van der Waals surface area (Å²) in [5.74, 6) is -1.73. The molecule has 1 aromatic heterocycles. The second-order valence-electron chi connectivity index (χ2n) is 8.58. The van der Waals surface area contributed by atoms with Crippen LogP contribution in [0.5, 0.6) is 0 Å². The number of nitrogens with zero attached hydrogens (tertiary/aromatic N) is 4. The number of allylic oxidation sites excluding steroid dienone is 2. The number of rotatable bonds is 2. The first kappa shape index (κ1) is 18.6. The Kier molecular flexibility index (Phi) is 3.73. The van der Waals surface area contributed by atoms with Crippen molar-refractivity contribution in [2.24, 2.45) is 5.92 Å². The molecule has 0 radical (unpaired) electrons.